The van der Waals surface area contributed by atoms with E-state index in [9.17, 15) is 9.59 Å². The molecule has 1 fully saturated rings. The van der Waals surface area contributed by atoms with Gasteiger partial charge in [-0.15, -0.1) is 0 Å². The van der Waals surface area contributed by atoms with Crippen LogP contribution in [-0.2, 0) is 9.53 Å². The Morgan fingerprint density at radius 1 is 1.17 bits per heavy atom. The maximum absolute atomic E-state index is 12.0. The van der Waals surface area contributed by atoms with Crippen LogP contribution in [0, 0.1) is 5.92 Å². The van der Waals surface area contributed by atoms with Crippen LogP contribution in [0.1, 0.15) is 49.9 Å². The topological polar surface area (TPSA) is 64.6 Å². The van der Waals surface area contributed by atoms with Crippen LogP contribution in [0.25, 0.3) is 0 Å². The highest BCUT2D eigenvalue weighted by atomic mass is 16.5. The highest BCUT2D eigenvalue weighted by Crippen LogP contribution is 2.23. The molecule has 0 heterocycles. The SMILES string of the molecule is CCOC(=O)c1ccc(OCC(=O)NC2CCCCC2C)cc1. The second-order valence-electron chi connectivity index (χ2n) is 5.97. The van der Waals surface area contributed by atoms with E-state index in [2.05, 4.69) is 12.2 Å². The van der Waals surface area contributed by atoms with Gasteiger partial charge >= 0.3 is 5.97 Å². The molecule has 1 saturated carbocycles. The Bertz CT molecular complexity index is 526. The number of carbonyl (C=O) groups is 2. The van der Waals surface area contributed by atoms with E-state index in [0.717, 1.165) is 6.42 Å². The third-order valence-corrected chi connectivity index (χ3v) is 4.19. The second-order valence-corrected chi connectivity index (χ2v) is 5.97. The lowest BCUT2D eigenvalue weighted by atomic mass is 9.86. The predicted molar refractivity (Wildman–Crippen MR) is 87.5 cm³/mol. The standard InChI is InChI=1S/C18H25NO4/c1-3-22-18(21)14-8-10-15(11-9-14)23-12-17(20)19-16-7-5-4-6-13(16)2/h8-11,13,16H,3-7,12H2,1-2H3,(H,19,20). The maximum Gasteiger partial charge on any atom is 0.338 e. The summed E-state index contributed by atoms with van der Waals surface area (Å²) in [5, 5.41) is 3.05. The number of rotatable bonds is 6. The summed E-state index contributed by atoms with van der Waals surface area (Å²) in [7, 11) is 0. The first-order valence-electron chi connectivity index (χ1n) is 8.29. The van der Waals surface area contributed by atoms with Crippen molar-refractivity contribution in [2.45, 2.75) is 45.6 Å². The molecule has 2 rings (SSSR count). The molecule has 0 aliphatic heterocycles. The molecule has 5 heteroatoms. The summed E-state index contributed by atoms with van der Waals surface area (Å²) in [6, 6.07) is 6.86. The van der Waals surface area contributed by atoms with Crippen LogP contribution >= 0.6 is 0 Å². The lowest BCUT2D eigenvalue weighted by molar-refractivity contribution is -0.124. The van der Waals surface area contributed by atoms with Gasteiger partial charge in [-0.2, -0.15) is 0 Å². The maximum atomic E-state index is 12.0. The highest BCUT2D eigenvalue weighted by Gasteiger charge is 2.22. The van der Waals surface area contributed by atoms with Gasteiger partial charge in [0.15, 0.2) is 6.61 Å². The van der Waals surface area contributed by atoms with Crippen molar-refractivity contribution in [3.8, 4) is 5.75 Å². The number of amides is 1. The van der Waals surface area contributed by atoms with Gasteiger partial charge in [0, 0.05) is 6.04 Å². The molecular weight excluding hydrogens is 294 g/mol. The fourth-order valence-corrected chi connectivity index (χ4v) is 2.83. The van der Waals surface area contributed by atoms with Gasteiger partial charge < -0.3 is 14.8 Å². The number of hydrogen-bond donors (Lipinski definition) is 1. The van der Waals surface area contributed by atoms with Crippen molar-refractivity contribution in [2.75, 3.05) is 13.2 Å². The normalized spacial score (nSPS) is 20.6. The van der Waals surface area contributed by atoms with Gasteiger partial charge in [0.2, 0.25) is 0 Å². The molecule has 1 N–H and O–H groups in total. The fraction of sp³-hybridized carbons (Fsp3) is 0.556. The van der Waals surface area contributed by atoms with E-state index >= 15 is 0 Å². The zero-order valence-corrected chi connectivity index (χ0v) is 13.8. The monoisotopic (exact) mass is 319 g/mol. The van der Waals surface area contributed by atoms with Crippen molar-refractivity contribution in [1.29, 1.82) is 0 Å². The van der Waals surface area contributed by atoms with Gasteiger partial charge in [0.25, 0.3) is 5.91 Å². The molecule has 0 radical (unpaired) electrons. The predicted octanol–water partition coefficient (Wildman–Crippen LogP) is 2.94. The van der Waals surface area contributed by atoms with E-state index in [1.807, 2.05) is 0 Å². The molecule has 1 amide bonds. The van der Waals surface area contributed by atoms with Crippen molar-refractivity contribution in [1.82, 2.24) is 5.32 Å². The van der Waals surface area contributed by atoms with Crippen LogP contribution in [0.3, 0.4) is 0 Å². The van der Waals surface area contributed by atoms with E-state index in [-0.39, 0.29) is 24.5 Å². The molecule has 0 bridgehead atoms. The van der Waals surface area contributed by atoms with Crippen molar-refractivity contribution in [2.24, 2.45) is 5.92 Å². The summed E-state index contributed by atoms with van der Waals surface area (Å²) in [4.78, 5) is 23.5. The van der Waals surface area contributed by atoms with E-state index < -0.39 is 0 Å². The Balaban J connectivity index is 1.78. The summed E-state index contributed by atoms with van der Waals surface area (Å²) in [6.07, 6.45) is 4.63. The van der Waals surface area contributed by atoms with Crippen molar-refractivity contribution < 1.29 is 19.1 Å². The molecule has 1 aliphatic rings. The molecule has 1 aliphatic carbocycles. The zero-order chi connectivity index (χ0) is 16.7. The first kappa shape index (κ1) is 17.3. The minimum Gasteiger partial charge on any atom is -0.484 e. The number of ether oxygens (including phenoxy) is 2. The molecule has 0 saturated heterocycles. The summed E-state index contributed by atoms with van der Waals surface area (Å²) < 4.78 is 10.4. The Morgan fingerprint density at radius 2 is 1.87 bits per heavy atom. The van der Waals surface area contributed by atoms with Crippen LogP contribution in [0.2, 0.25) is 0 Å². The lowest BCUT2D eigenvalue weighted by Crippen LogP contribution is -2.43. The Hall–Kier alpha value is -2.04. The fourth-order valence-electron chi connectivity index (χ4n) is 2.83. The van der Waals surface area contributed by atoms with E-state index in [1.54, 1.807) is 31.2 Å². The average molecular weight is 319 g/mol. The first-order chi connectivity index (χ1) is 11.1. The van der Waals surface area contributed by atoms with Gasteiger partial charge in [0.1, 0.15) is 5.75 Å². The van der Waals surface area contributed by atoms with Crippen LogP contribution in [0.5, 0.6) is 5.75 Å². The Morgan fingerprint density at radius 3 is 2.52 bits per heavy atom. The quantitative estimate of drug-likeness (QED) is 0.819. The average Bonchev–Trinajstić information content (AvgIpc) is 2.56. The molecule has 0 spiro atoms. The van der Waals surface area contributed by atoms with Gasteiger partial charge in [-0.3, -0.25) is 4.79 Å². The van der Waals surface area contributed by atoms with E-state index in [1.165, 1.54) is 19.3 Å². The van der Waals surface area contributed by atoms with Crippen LogP contribution < -0.4 is 10.1 Å². The van der Waals surface area contributed by atoms with Gasteiger partial charge in [-0.25, -0.2) is 4.79 Å². The number of carbonyl (C=O) groups excluding carboxylic acids is 2. The summed E-state index contributed by atoms with van der Waals surface area (Å²) in [5.74, 6) is 0.628. The van der Waals surface area contributed by atoms with Crippen LogP contribution in [0.15, 0.2) is 24.3 Å². The molecular formula is C18H25NO4. The third kappa shape index (κ3) is 5.27. The summed E-state index contributed by atoms with van der Waals surface area (Å²) in [5.41, 5.74) is 0.472. The highest BCUT2D eigenvalue weighted by molar-refractivity contribution is 5.89. The second kappa shape index (κ2) is 8.56. The van der Waals surface area contributed by atoms with Crippen LogP contribution in [0.4, 0.5) is 0 Å². The van der Waals surface area contributed by atoms with Crippen molar-refractivity contribution in [3.63, 3.8) is 0 Å². The Kier molecular flexibility index (Phi) is 6.44. The molecule has 1 aromatic carbocycles. The lowest BCUT2D eigenvalue weighted by Gasteiger charge is -2.29. The van der Waals surface area contributed by atoms with Gasteiger partial charge in [-0.1, -0.05) is 19.8 Å². The smallest absolute Gasteiger partial charge is 0.338 e. The molecule has 1 aromatic rings. The zero-order valence-electron chi connectivity index (χ0n) is 13.8. The minimum atomic E-state index is -0.358. The summed E-state index contributed by atoms with van der Waals surface area (Å²) in [6.45, 7) is 4.28. The number of nitrogens with one attached hydrogen (secondary N) is 1. The number of benzene rings is 1. The van der Waals surface area contributed by atoms with Crippen molar-refractivity contribution in [3.05, 3.63) is 29.8 Å². The van der Waals surface area contributed by atoms with Crippen LogP contribution in [-0.4, -0.2) is 31.1 Å². The van der Waals surface area contributed by atoms with E-state index in [0.29, 0.717) is 23.8 Å². The van der Waals surface area contributed by atoms with Gasteiger partial charge in [-0.05, 0) is 49.9 Å². The van der Waals surface area contributed by atoms with Gasteiger partial charge in [0.05, 0.1) is 12.2 Å². The number of esters is 1. The molecule has 5 nitrogen and oxygen atoms in total. The van der Waals surface area contributed by atoms with E-state index in [4.69, 9.17) is 9.47 Å². The summed E-state index contributed by atoms with van der Waals surface area (Å²) >= 11 is 0. The number of hydrogen-bond acceptors (Lipinski definition) is 4. The minimum absolute atomic E-state index is 0.0119. The molecule has 126 valence electrons. The van der Waals surface area contributed by atoms with Crippen molar-refractivity contribution >= 4 is 11.9 Å². The third-order valence-electron chi connectivity index (χ3n) is 4.19. The molecule has 23 heavy (non-hydrogen) atoms. The molecule has 2 atom stereocenters. The largest absolute Gasteiger partial charge is 0.484 e. The molecule has 0 aromatic heterocycles. The first-order valence-corrected chi connectivity index (χ1v) is 8.29. The molecule has 2 unspecified atom stereocenters. The Labute approximate surface area is 137 Å².